The van der Waals surface area contributed by atoms with E-state index in [4.69, 9.17) is 1.37 Å². The molecule has 2 aromatic carbocycles. The third-order valence-electron chi connectivity index (χ3n) is 3.37. The Morgan fingerprint density at radius 1 is 0.933 bits per heavy atom. The van der Waals surface area contributed by atoms with Crippen molar-refractivity contribution >= 4 is 5.57 Å². The Balaban J connectivity index is 2.22. The van der Waals surface area contributed by atoms with Crippen molar-refractivity contribution in [2.45, 2.75) is 6.42 Å². The van der Waals surface area contributed by atoms with Crippen LogP contribution < -0.4 is 0 Å². The molecule has 2 aliphatic carbocycles. The first-order valence-electron chi connectivity index (χ1n) is 5.79. The molecule has 2 aliphatic rings. The molecule has 0 fully saturated rings. The van der Waals surface area contributed by atoms with Crippen LogP contribution in [-0.2, 0) is 6.42 Å². The van der Waals surface area contributed by atoms with Gasteiger partial charge in [0.15, 0.2) is 0 Å². The molecule has 0 atom stereocenters. The molecule has 0 nitrogen and oxygen atoms in total. The van der Waals surface area contributed by atoms with Gasteiger partial charge in [-0.25, -0.2) is 0 Å². The zero-order chi connectivity index (χ0) is 10.7. The highest BCUT2D eigenvalue weighted by atomic mass is 14.3. The van der Waals surface area contributed by atoms with Gasteiger partial charge in [0.1, 0.15) is 0 Å². The van der Waals surface area contributed by atoms with Gasteiger partial charge in [-0.2, -0.15) is 0 Å². The average Bonchev–Trinajstić information content (AvgIpc) is 2.85. The van der Waals surface area contributed by atoms with E-state index in [0.29, 0.717) is 6.04 Å². The molecule has 0 amide bonds. The molecule has 0 aliphatic heterocycles. The fourth-order valence-electron chi connectivity index (χ4n) is 2.73. The fraction of sp³-hybridized carbons (Fsp3) is 0.0667. The molecule has 0 heterocycles. The average molecular weight is 191 g/mol. The van der Waals surface area contributed by atoms with Crippen LogP contribution in [0.15, 0.2) is 48.5 Å². The van der Waals surface area contributed by atoms with E-state index in [0.717, 1.165) is 12.0 Å². The van der Waals surface area contributed by atoms with Crippen molar-refractivity contribution < 1.29 is 1.37 Å². The van der Waals surface area contributed by atoms with E-state index in [-0.39, 0.29) is 0 Å². The van der Waals surface area contributed by atoms with E-state index in [1.807, 2.05) is 6.07 Å². The van der Waals surface area contributed by atoms with Gasteiger partial charge in [-0.3, -0.25) is 0 Å². The molecule has 0 heteroatoms. The second-order valence-corrected chi connectivity index (χ2v) is 4.12. The largest absolute Gasteiger partial charge is 0.0716 e. The normalized spacial score (nSPS) is 15.7. The molecule has 0 saturated carbocycles. The lowest BCUT2D eigenvalue weighted by Gasteiger charge is -2.01. The Morgan fingerprint density at radius 3 is 2.73 bits per heavy atom. The standard InChI is InChI=1S/C15H10/c1-2-6-12-11(5-1)13-7-3-4-10-8-9-14(12)15(10)13/h1-7,9H,8H2/i7D. The number of allylic oxidation sites excluding steroid dienone is 1. The predicted molar refractivity (Wildman–Crippen MR) is 62.7 cm³/mol. The van der Waals surface area contributed by atoms with Gasteiger partial charge < -0.3 is 0 Å². The molecular formula is C15H10. The van der Waals surface area contributed by atoms with Gasteiger partial charge in [-0.05, 0) is 39.8 Å². The van der Waals surface area contributed by atoms with E-state index in [1.54, 1.807) is 0 Å². The Kier molecular flexibility index (Phi) is 1.06. The molecule has 0 unspecified atom stereocenters. The quantitative estimate of drug-likeness (QED) is 0.508. The SMILES string of the molecule is [2H]c1ccc2c3c1-c1ccccc1C3=CC2. The summed E-state index contributed by atoms with van der Waals surface area (Å²) in [5.41, 5.74) is 7.70. The van der Waals surface area contributed by atoms with E-state index in [2.05, 4.69) is 36.4 Å². The number of rotatable bonds is 0. The third-order valence-corrected chi connectivity index (χ3v) is 3.37. The lowest BCUT2D eigenvalue weighted by molar-refractivity contribution is 1.31. The molecule has 2 aromatic rings. The highest BCUT2D eigenvalue weighted by Crippen LogP contribution is 2.48. The van der Waals surface area contributed by atoms with Crippen LogP contribution in [0, 0.1) is 0 Å². The van der Waals surface area contributed by atoms with Gasteiger partial charge >= 0.3 is 0 Å². The van der Waals surface area contributed by atoms with E-state index in [9.17, 15) is 0 Å². The Hall–Kier alpha value is -1.82. The van der Waals surface area contributed by atoms with Crippen LogP contribution in [0.3, 0.4) is 0 Å². The first kappa shape index (κ1) is 6.62. The molecule has 70 valence electrons. The number of hydrogen-bond donors (Lipinski definition) is 0. The van der Waals surface area contributed by atoms with E-state index < -0.39 is 0 Å². The van der Waals surface area contributed by atoms with Gasteiger partial charge in [0, 0.05) is 0 Å². The van der Waals surface area contributed by atoms with Crippen molar-refractivity contribution in [3.8, 4) is 11.1 Å². The van der Waals surface area contributed by atoms with Crippen molar-refractivity contribution in [2.24, 2.45) is 0 Å². The number of benzene rings is 2. The summed E-state index contributed by atoms with van der Waals surface area (Å²) in [5, 5.41) is 0. The van der Waals surface area contributed by atoms with Crippen LogP contribution in [0.4, 0.5) is 0 Å². The van der Waals surface area contributed by atoms with Crippen LogP contribution in [0.25, 0.3) is 16.7 Å². The molecule has 0 aromatic heterocycles. The number of hydrogen-bond acceptors (Lipinski definition) is 0. The molecule has 0 saturated heterocycles. The maximum Gasteiger partial charge on any atom is 0.0629 e. The second kappa shape index (κ2) is 2.40. The first-order valence-corrected chi connectivity index (χ1v) is 5.29. The summed E-state index contributed by atoms with van der Waals surface area (Å²) in [4.78, 5) is 0. The summed E-state index contributed by atoms with van der Waals surface area (Å²) in [6.45, 7) is 0. The van der Waals surface area contributed by atoms with Gasteiger partial charge in [0.25, 0.3) is 0 Å². The predicted octanol–water partition coefficient (Wildman–Crippen LogP) is 3.65. The number of fused-ring (bicyclic) bond motifs is 3. The summed E-state index contributed by atoms with van der Waals surface area (Å²) in [6.07, 6.45) is 3.31. The van der Waals surface area contributed by atoms with Gasteiger partial charge in [-0.1, -0.05) is 48.5 Å². The molecular weight excluding hydrogens is 180 g/mol. The second-order valence-electron chi connectivity index (χ2n) is 4.12. The molecule has 0 spiro atoms. The van der Waals surface area contributed by atoms with Gasteiger partial charge in [-0.15, -0.1) is 0 Å². The highest BCUT2D eigenvalue weighted by molar-refractivity contribution is 6.03. The lowest BCUT2D eigenvalue weighted by atomic mass is 10.0. The summed E-state index contributed by atoms with van der Waals surface area (Å²) < 4.78 is 8.07. The Labute approximate surface area is 90.3 Å². The molecule has 0 radical (unpaired) electrons. The molecule has 0 N–H and O–H groups in total. The summed E-state index contributed by atoms with van der Waals surface area (Å²) in [5.74, 6) is 0. The molecule has 15 heavy (non-hydrogen) atoms. The van der Waals surface area contributed by atoms with Crippen LogP contribution in [-0.4, -0.2) is 0 Å². The van der Waals surface area contributed by atoms with Crippen molar-refractivity contribution in [1.82, 2.24) is 0 Å². The van der Waals surface area contributed by atoms with E-state index in [1.165, 1.54) is 27.8 Å². The summed E-state index contributed by atoms with van der Waals surface area (Å²) in [7, 11) is 0. The van der Waals surface area contributed by atoms with Crippen molar-refractivity contribution in [3.05, 3.63) is 65.2 Å². The monoisotopic (exact) mass is 191 g/mol. The topological polar surface area (TPSA) is 0 Å². The van der Waals surface area contributed by atoms with Crippen LogP contribution in [0.5, 0.6) is 0 Å². The third kappa shape index (κ3) is 0.782. The van der Waals surface area contributed by atoms with Crippen molar-refractivity contribution in [1.29, 1.82) is 0 Å². The molecule has 4 rings (SSSR count). The lowest BCUT2D eigenvalue weighted by Crippen LogP contribution is -1.82. The maximum atomic E-state index is 8.07. The van der Waals surface area contributed by atoms with Crippen molar-refractivity contribution in [2.75, 3.05) is 0 Å². The van der Waals surface area contributed by atoms with Crippen LogP contribution in [0.1, 0.15) is 18.1 Å². The summed E-state index contributed by atoms with van der Waals surface area (Å²) in [6, 6.07) is 13.1. The molecule has 0 bridgehead atoms. The van der Waals surface area contributed by atoms with Gasteiger partial charge in [0.05, 0.1) is 1.37 Å². The zero-order valence-corrected chi connectivity index (χ0v) is 8.25. The Bertz CT molecular complexity index is 650. The minimum absolute atomic E-state index is 0.650. The zero-order valence-electron chi connectivity index (χ0n) is 9.25. The van der Waals surface area contributed by atoms with Crippen LogP contribution >= 0.6 is 0 Å². The Morgan fingerprint density at radius 2 is 1.80 bits per heavy atom. The fourth-order valence-corrected chi connectivity index (χ4v) is 2.73. The summed E-state index contributed by atoms with van der Waals surface area (Å²) >= 11 is 0. The minimum Gasteiger partial charge on any atom is -0.0716 e. The smallest absolute Gasteiger partial charge is 0.0629 e. The minimum atomic E-state index is 0.650. The highest BCUT2D eigenvalue weighted by Gasteiger charge is 2.27. The van der Waals surface area contributed by atoms with E-state index >= 15 is 0 Å². The van der Waals surface area contributed by atoms with Crippen LogP contribution in [0.2, 0.25) is 0 Å². The maximum absolute atomic E-state index is 8.07. The van der Waals surface area contributed by atoms with Gasteiger partial charge in [0.2, 0.25) is 0 Å². The van der Waals surface area contributed by atoms with Crippen molar-refractivity contribution in [3.63, 3.8) is 0 Å². The first-order chi connectivity index (χ1) is 7.86.